The maximum atomic E-state index is 12.3. The van der Waals surface area contributed by atoms with Crippen LogP contribution < -0.4 is 4.74 Å². The number of carbonyl (C=O) groups is 1. The summed E-state index contributed by atoms with van der Waals surface area (Å²) < 4.78 is 11.2. The van der Waals surface area contributed by atoms with Gasteiger partial charge >= 0.3 is 5.97 Å². The average molecular weight is 330 g/mol. The highest BCUT2D eigenvalue weighted by Gasteiger charge is 2.12. The summed E-state index contributed by atoms with van der Waals surface area (Å²) in [5, 5.41) is 0. The Morgan fingerprint density at radius 1 is 1.04 bits per heavy atom. The SMILES string of the molecule is Cc1cccc(C(=O)Oc2ccc3nc(-c4ccccn4)oc3c2)c1. The Morgan fingerprint density at radius 3 is 2.76 bits per heavy atom. The minimum Gasteiger partial charge on any atom is -0.435 e. The van der Waals surface area contributed by atoms with Crippen LogP contribution in [0.2, 0.25) is 0 Å². The molecule has 5 heteroatoms. The normalized spacial score (nSPS) is 10.8. The lowest BCUT2D eigenvalue weighted by Gasteiger charge is -2.04. The third kappa shape index (κ3) is 3.12. The molecule has 5 nitrogen and oxygen atoms in total. The second-order valence-electron chi connectivity index (χ2n) is 5.62. The highest BCUT2D eigenvalue weighted by molar-refractivity contribution is 5.91. The lowest BCUT2D eigenvalue weighted by atomic mass is 10.1. The van der Waals surface area contributed by atoms with Crippen molar-refractivity contribution >= 4 is 17.1 Å². The largest absolute Gasteiger partial charge is 0.435 e. The summed E-state index contributed by atoms with van der Waals surface area (Å²) in [4.78, 5) is 20.9. The molecule has 0 amide bonds. The Bertz CT molecular complexity index is 1050. The number of benzene rings is 2. The van der Waals surface area contributed by atoms with Crippen LogP contribution in [0, 0.1) is 6.92 Å². The predicted molar refractivity (Wildman–Crippen MR) is 93.4 cm³/mol. The van der Waals surface area contributed by atoms with Gasteiger partial charge in [0.15, 0.2) is 5.58 Å². The van der Waals surface area contributed by atoms with Crippen molar-refractivity contribution in [3.8, 4) is 17.3 Å². The number of oxazole rings is 1. The molecule has 122 valence electrons. The van der Waals surface area contributed by atoms with Crippen molar-refractivity contribution in [1.29, 1.82) is 0 Å². The van der Waals surface area contributed by atoms with Crippen molar-refractivity contribution in [2.75, 3.05) is 0 Å². The highest BCUT2D eigenvalue weighted by atomic mass is 16.5. The van der Waals surface area contributed by atoms with E-state index < -0.39 is 5.97 Å². The standard InChI is InChI=1S/C20H14N2O3/c1-13-5-4-6-14(11-13)20(23)24-15-8-9-16-18(12-15)25-19(22-16)17-7-2-3-10-21-17/h2-12H,1H3. The minimum atomic E-state index is -0.410. The van der Waals surface area contributed by atoms with Crippen LogP contribution in [0.5, 0.6) is 5.75 Å². The van der Waals surface area contributed by atoms with Crippen LogP contribution in [0.25, 0.3) is 22.7 Å². The molecule has 4 rings (SSSR count). The fraction of sp³-hybridized carbons (Fsp3) is 0.0500. The summed E-state index contributed by atoms with van der Waals surface area (Å²) in [6.45, 7) is 1.93. The first kappa shape index (κ1) is 15.1. The Morgan fingerprint density at radius 2 is 1.96 bits per heavy atom. The van der Waals surface area contributed by atoms with E-state index >= 15 is 0 Å². The Labute approximate surface area is 143 Å². The van der Waals surface area contributed by atoms with E-state index in [1.54, 1.807) is 36.5 Å². The summed E-state index contributed by atoms with van der Waals surface area (Å²) in [5.41, 5.74) is 3.37. The van der Waals surface area contributed by atoms with Crippen molar-refractivity contribution in [2.24, 2.45) is 0 Å². The van der Waals surface area contributed by atoms with Gasteiger partial charge in [-0.2, -0.15) is 0 Å². The number of nitrogens with zero attached hydrogens (tertiary/aromatic N) is 2. The average Bonchev–Trinajstić information content (AvgIpc) is 3.06. The van der Waals surface area contributed by atoms with Crippen molar-refractivity contribution < 1.29 is 13.9 Å². The van der Waals surface area contributed by atoms with Crippen LogP contribution >= 0.6 is 0 Å². The van der Waals surface area contributed by atoms with Crippen LogP contribution in [0.1, 0.15) is 15.9 Å². The zero-order valence-electron chi connectivity index (χ0n) is 13.5. The molecule has 2 heterocycles. The van der Waals surface area contributed by atoms with Crippen molar-refractivity contribution in [3.63, 3.8) is 0 Å². The number of esters is 1. The molecule has 0 bridgehead atoms. The van der Waals surface area contributed by atoms with Crippen LogP contribution in [-0.2, 0) is 0 Å². The monoisotopic (exact) mass is 330 g/mol. The molecule has 4 aromatic rings. The van der Waals surface area contributed by atoms with Crippen LogP contribution in [0.15, 0.2) is 71.3 Å². The van der Waals surface area contributed by atoms with E-state index in [2.05, 4.69) is 9.97 Å². The lowest BCUT2D eigenvalue weighted by molar-refractivity contribution is 0.0735. The van der Waals surface area contributed by atoms with E-state index in [1.165, 1.54) is 0 Å². The summed E-state index contributed by atoms with van der Waals surface area (Å²) in [5.74, 6) is 0.424. The van der Waals surface area contributed by atoms with Crippen LogP contribution in [-0.4, -0.2) is 15.9 Å². The molecular weight excluding hydrogens is 316 g/mol. The van der Waals surface area contributed by atoms with E-state index in [0.29, 0.717) is 34.0 Å². The summed E-state index contributed by atoms with van der Waals surface area (Å²) >= 11 is 0. The number of ether oxygens (including phenoxy) is 1. The second kappa shape index (κ2) is 6.20. The molecule has 0 radical (unpaired) electrons. The van der Waals surface area contributed by atoms with Gasteiger partial charge in [-0.1, -0.05) is 23.8 Å². The number of pyridine rings is 1. The first-order valence-electron chi connectivity index (χ1n) is 7.80. The van der Waals surface area contributed by atoms with Crippen LogP contribution in [0.3, 0.4) is 0 Å². The fourth-order valence-corrected chi connectivity index (χ4v) is 2.51. The number of hydrogen-bond donors (Lipinski definition) is 0. The molecule has 0 spiro atoms. The molecule has 2 aromatic heterocycles. The second-order valence-corrected chi connectivity index (χ2v) is 5.62. The van der Waals surface area contributed by atoms with E-state index in [-0.39, 0.29) is 0 Å². The van der Waals surface area contributed by atoms with Gasteiger partial charge in [-0.15, -0.1) is 0 Å². The molecular formula is C20H14N2O3. The summed E-state index contributed by atoms with van der Waals surface area (Å²) in [6, 6.07) is 17.9. The minimum absolute atomic E-state index is 0.405. The van der Waals surface area contributed by atoms with Crippen molar-refractivity contribution in [3.05, 3.63) is 78.0 Å². The molecule has 0 unspecified atom stereocenters. The molecule has 2 aromatic carbocycles. The molecule has 25 heavy (non-hydrogen) atoms. The Kier molecular flexibility index (Phi) is 3.74. The van der Waals surface area contributed by atoms with Gasteiger partial charge in [0.25, 0.3) is 0 Å². The summed E-state index contributed by atoms with van der Waals surface area (Å²) in [7, 11) is 0. The topological polar surface area (TPSA) is 65.2 Å². The molecule has 0 saturated carbocycles. The molecule has 0 N–H and O–H groups in total. The number of fused-ring (bicyclic) bond motifs is 1. The summed E-state index contributed by atoms with van der Waals surface area (Å²) in [6.07, 6.45) is 1.68. The smallest absolute Gasteiger partial charge is 0.343 e. The van der Waals surface area contributed by atoms with Gasteiger partial charge in [-0.05, 0) is 43.3 Å². The zero-order valence-corrected chi connectivity index (χ0v) is 13.5. The van der Waals surface area contributed by atoms with Gasteiger partial charge in [0.1, 0.15) is 17.0 Å². The Balaban J connectivity index is 1.62. The van der Waals surface area contributed by atoms with Gasteiger partial charge in [-0.3, -0.25) is 4.98 Å². The lowest BCUT2D eigenvalue weighted by Crippen LogP contribution is -2.08. The van der Waals surface area contributed by atoms with Gasteiger partial charge in [0.05, 0.1) is 5.56 Å². The highest BCUT2D eigenvalue weighted by Crippen LogP contribution is 2.26. The molecule has 0 aliphatic rings. The first-order chi connectivity index (χ1) is 12.2. The Hall–Kier alpha value is -3.47. The number of hydrogen-bond acceptors (Lipinski definition) is 5. The molecule has 0 aliphatic carbocycles. The molecule has 0 saturated heterocycles. The van der Waals surface area contributed by atoms with E-state index in [4.69, 9.17) is 9.15 Å². The number of aromatic nitrogens is 2. The van der Waals surface area contributed by atoms with E-state index in [1.807, 2.05) is 37.3 Å². The van der Waals surface area contributed by atoms with Crippen molar-refractivity contribution in [2.45, 2.75) is 6.92 Å². The van der Waals surface area contributed by atoms with E-state index in [9.17, 15) is 4.79 Å². The zero-order chi connectivity index (χ0) is 17.2. The molecule has 0 aliphatic heterocycles. The number of aryl methyl sites for hydroxylation is 1. The molecule has 0 fully saturated rings. The van der Waals surface area contributed by atoms with Crippen LogP contribution in [0.4, 0.5) is 0 Å². The maximum absolute atomic E-state index is 12.3. The van der Waals surface area contributed by atoms with Gasteiger partial charge < -0.3 is 9.15 Å². The van der Waals surface area contributed by atoms with Gasteiger partial charge in [0.2, 0.25) is 5.89 Å². The van der Waals surface area contributed by atoms with E-state index in [0.717, 1.165) is 5.56 Å². The van der Waals surface area contributed by atoms with Gasteiger partial charge in [0, 0.05) is 12.3 Å². The maximum Gasteiger partial charge on any atom is 0.343 e. The molecule has 0 atom stereocenters. The quantitative estimate of drug-likeness (QED) is 0.411. The predicted octanol–water partition coefficient (Wildman–Crippen LogP) is 4.42. The number of carbonyl (C=O) groups excluding carboxylic acids is 1. The number of rotatable bonds is 3. The third-order valence-corrected chi connectivity index (χ3v) is 3.71. The van der Waals surface area contributed by atoms with Crippen molar-refractivity contribution in [1.82, 2.24) is 9.97 Å². The fourth-order valence-electron chi connectivity index (χ4n) is 2.51. The van der Waals surface area contributed by atoms with Gasteiger partial charge in [-0.25, -0.2) is 9.78 Å². The third-order valence-electron chi connectivity index (χ3n) is 3.71. The first-order valence-corrected chi connectivity index (χ1v) is 7.80.